The van der Waals surface area contributed by atoms with E-state index in [2.05, 4.69) is 25.9 Å². The number of carbonyl (C=O) groups excluding carboxylic acids is 1. The van der Waals surface area contributed by atoms with Crippen molar-refractivity contribution in [1.82, 2.24) is 9.80 Å². The van der Waals surface area contributed by atoms with Gasteiger partial charge in [-0.25, -0.2) is 0 Å². The van der Waals surface area contributed by atoms with Gasteiger partial charge in [-0.2, -0.15) is 0 Å². The highest BCUT2D eigenvalue weighted by Gasteiger charge is 2.34. The van der Waals surface area contributed by atoms with Crippen LogP contribution in [-0.4, -0.2) is 54.5 Å². The van der Waals surface area contributed by atoms with Gasteiger partial charge in [0, 0.05) is 31.1 Å². The molecule has 0 saturated carbocycles. The SMILES string of the molecule is CC1CN(C(=O)CC(C)(C)N)CC1N(C)C. The molecule has 0 bridgehead atoms. The van der Waals surface area contributed by atoms with Crippen molar-refractivity contribution in [2.45, 2.75) is 38.8 Å². The molecule has 4 nitrogen and oxygen atoms in total. The van der Waals surface area contributed by atoms with E-state index in [1.165, 1.54) is 0 Å². The number of carbonyl (C=O) groups is 1. The Hall–Kier alpha value is -0.610. The van der Waals surface area contributed by atoms with E-state index in [9.17, 15) is 4.79 Å². The molecule has 2 N–H and O–H groups in total. The van der Waals surface area contributed by atoms with E-state index < -0.39 is 5.54 Å². The summed E-state index contributed by atoms with van der Waals surface area (Å²) in [7, 11) is 4.14. The molecule has 1 amide bonds. The number of likely N-dealkylation sites (N-methyl/N-ethyl adjacent to an activating group) is 1. The molecule has 0 aliphatic carbocycles. The smallest absolute Gasteiger partial charge is 0.224 e. The van der Waals surface area contributed by atoms with Crippen molar-refractivity contribution in [2.75, 3.05) is 27.2 Å². The van der Waals surface area contributed by atoms with E-state index in [1.54, 1.807) is 0 Å². The van der Waals surface area contributed by atoms with Crippen molar-refractivity contribution in [1.29, 1.82) is 0 Å². The predicted molar refractivity (Wildman–Crippen MR) is 66.1 cm³/mol. The molecule has 1 rings (SSSR count). The fourth-order valence-electron chi connectivity index (χ4n) is 2.33. The normalized spacial score (nSPS) is 26.6. The summed E-state index contributed by atoms with van der Waals surface area (Å²) in [5.74, 6) is 0.725. The van der Waals surface area contributed by atoms with Crippen molar-refractivity contribution in [2.24, 2.45) is 11.7 Å². The highest BCUT2D eigenvalue weighted by atomic mass is 16.2. The minimum atomic E-state index is -0.406. The minimum Gasteiger partial charge on any atom is -0.341 e. The lowest BCUT2D eigenvalue weighted by Gasteiger charge is -2.24. The van der Waals surface area contributed by atoms with Crippen molar-refractivity contribution < 1.29 is 4.79 Å². The maximum Gasteiger partial charge on any atom is 0.224 e. The summed E-state index contributed by atoms with van der Waals surface area (Å²) < 4.78 is 0. The van der Waals surface area contributed by atoms with Gasteiger partial charge in [0.2, 0.25) is 5.91 Å². The lowest BCUT2D eigenvalue weighted by molar-refractivity contribution is -0.131. The number of rotatable bonds is 3. The molecule has 2 unspecified atom stereocenters. The van der Waals surface area contributed by atoms with Crippen LogP contribution < -0.4 is 5.73 Å². The summed E-state index contributed by atoms with van der Waals surface area (Å²) in [4.78, 5) is 16.2. The van der Waals surface area contributed by atoms with E-state index in [4.69, 9.17) is 5.73 Å². The highest BCUT2D eigenvalue weighted by Crippen LogP contribution is 2.21. The molecule has 94 valence electrons. The molecule has 1 aliphatic rings. The lowest BCUT2D eigenvalue weighted by Crippen LogP contribution is -2.41. The third-order valence-corrected chi connectivity index (χ3v) is 3.20. The van der Waals surface area contributed by atoms with Crippen LogP contribution in [0.25, 0.3) is 0 Å². The second-order valence-electron chi connectivity index (χ2n) is 5.97. The molecule has 1 saturated heterocycles. The van der Waals surface area contributed by atoms with Gasteiger partial charge in [-0.15, -0.1) is 0 Å². The Morgan fingerprint density at radius 3 is 2.38 bits per heavy atom. The van der Waals surface area contributed by atoms with Gasteiger partial charge in [0.15, 0.2) is 0 Å². The highest BCUT2D eigenvalue weighted by molar-refractivity contribution is 5.77. The Morgan fingerprint density at radius 1 is 1.44 bits per heavy atom. The van der Waals surface area contributed by atoms with Gasteiger partial charge in [-0.3, -0.25) is 4.79 Å². The van der Waals surface area contributed by atoms with E-state index in [-0.39, 0.29) is 5.91 Å². The van der Waals surface area contributed by atoms with Crippen LogP contribution in [0.3, 0.4) is 0 Å². The summed E-state index contributed by atoms with van der Waals surface area (Å²) in [6.45, 7) is 7.69. The van der Waals surface area contributed by atoms with Gasteiger partial charge in [-0.05, 0) is 33.9 Å². The first kappa shape index (κ1) is 13.5. The Morgan fingerprint density at radius 2 is 2.00 bits per heavy atom. The number of nitrogens with two attached hydrogens (primary N) is 1. The minimum absolute atomic E-state index is 0.184. The lowest BCUT2D eigenvalue weighted by atomic mass is 10.0. The van der Waals surface area contributed by atoms with Crippen LogP contribution in [0.1, 0.15) is 27.2 Å². The maximum atomic E-state index is 12.0. The first-order chi connectivity index (χ1) is 7.20. The fourth-order valence-corrected chi connectivity index (χ4v) is 2.33. The fraction of sp³-hybridized carbons (Fsp3) is 0.917. The van der Waals surface area contributed by atoms with Gasteiger partial charge in [0.25, 0.3) is 0 Å². The number of hydrogen-bond donors (Lipinski definition) is 1. The third-order valence-electron chi connectivity index (χ3n) is 3.20. The van der Waals surface area contributed by atoms with Crippen LogP contribution in [0.4, 0.5) is 0 Å². The topological polar surface area (TPSA) is 49.6 Å². The van der Waals surface area contributed by atoms with Gasteiger partial charge in [0.05, 0.1) is 0 Å². The molecule has 0 aromatic heterocycles. The first-order valence-corrected chi connectivity index (χ1v) is 5.94. The second kappa shape index (κ2) is 4.72. The molecule has 0 aromatic rings. The van der Waals surface area contributed by atoms with Crippen LogP contribution in [0.5, 0.6) is 0 Å². The van der Waals surface area contributed by atoms with Crippen LogP contribution in [-0.2, 0) is 4.79 Å². The molecule has 1 fully saturated rings. The average molecular weight is 227 g/mol. The van der Waals surface area contributed by atoms with Crippen molar-refractivity contribution >= 4 is 5.91 Å². The quantitative estimate of drug-likeness (QED) is 0.765. The monoisotopic (exact) mass is 227 g/mol. The van der Waals surface area contributed by atoms with E-state index in [1.807, 2.05) is 18.7 Å². The third kappa shape index (κ3) is 3.46. The number of hydrogen-bond acceptors (Lipinski definition) is 3. The average Bonchev–Trinajstić information content (AvgIpc) is 2.44. The number of amides is 1. The van der Waals surface area contributed by atoms with Gasteiger partial charge >= 0.3 is 0 Å². The van der Waals surface area contributed by atoms with Crippen LogP contribution in [0, 0.1) is 5.92 Å². The van der Waals surface area contributed by atoms with Crippen LogP contribution in [0.15, 0.2) is 0 Å². The summed E-state index contributed by atoms with van der Waals surface area (Å²) in [6, 6.07) is 0.477. The zero-order valence-corrected chi connectivity index (χ0v) is 11.2. The summed E-state index contributed by atoms with van der Waals surface area (Å²) in [5.41, 5.74) is 5.47. The van der Waals surface area contributed by atoms with E-state index in [0.717, 1.165) is 13.1 Å². The Labute approximate surface area is 98.8 Å². The molecular weight excluding hydrogens is 202 g/mol. The predicted octanol–water partition coefficient (Wildman–Crippen LogP) is 0.522. The Balaban J connectivity index is 2.55. The zero-order chi connectivity index (χ0) is 12.5. The zero-order valence-electron chi connectivity index (χ0n) is 11.2. The molecule has 0 aromatic carbocycles. The van der Waals surface area contributed by atoms with Crippen molar-refractivity contribution in [3.63, 3.8) is 0 Å². The van der Waals surface area contributed by atoms with Crippen molar-refractivity contribution in [3.8, 4) is 0 Å². The molecule has 16 heavy (non-hydrogen) atoms. The first-order valence-electron chi connectivity index (χ1n) is 5.94. The number of likely N-dealkylation sites (tertiary alicyclic amines) is 1. The van der Waals surface area contributed by atoms with Crippen LogP contribution in [0.2, 0.25) is 0 Å². The second-order valence-corrected chi connectivity index (χ2v) is 5.97. The van der Waals surface area contributed by atoms with Crippen LogP contribution >= 0.6 is 0 Å². The van der Waals surface area contributed by atoms with E-state index >= 15 is 0 Å². The Bertz CT molecular complexity index is 257. The molecule has 1 heterocycles. The molecular formula is C12H25N3O. The molecule has 4 heteroatoms. The van der Waals surface area contributed by atoms with Gasteiger partial charge in [-0.1, -0.05) is 6.92 Å². The summed E-state index contributed by atoms with van der Waals surface area (Å²) in [5, 5.41) is 0. The van der Waals surface area contributed by atoms with Gasteiger partial charge < -0.3 is 15.5 Å². The molecule has 0 radical (unpaired) electrons. The summed E-state index contributed by atoms with van der Waals surface area (Å²) in [6.07, 6.45) is 0.430. The summed E-state index contributed by atoms with van der Waals surface area (Å²) >= 11 is 0. The molecule has 1 aliphatic heterocycles. The Kier molecular flexibility index (Phi) is 3.97. The molecule has 2 atom stereocenters. The maximum absolute atomic E-state index is 12.0. The standard InChI is InChI=1S/C12H25N3O/c1-9-7-15(8-10(9)14(4)5)11(16)6-12(2,3)13/h9-10H,6-8,13H2,1-5H3. The van der Waals surface area contributed by atoms with Gasteiger partial charge in [0.1, 0.15) is 0 Å². The molecule has 0 spiro atoms. The van der Waals surface area contributed by atoms with Crippen molar-refractivity contribution in [3.05, 3.63) is 0 Å². The largest absolute Gasteiger partial charge is 0.341 e. The van der Waals surface area contributed by atoms with E-state index in [0.29, 0.717) is 18.4 Å². The number of nitrogens with zero attached hydrogens (tertiary/aromatic N) is 2.